The predicted molar refractivity (Wildman–Crippen MR) is 104 cm³/mol. The zero-order valence-electron chi connectivity index (χ0n) is 15.8. The van der Waals surface area contributed by atoms with E-state index in [2.05, 4.69) is 19.9 Å². The Bertz CT molecular complexity index is 989. The fourth-order valence-electron chi connectivity index (χ4n) is 3.50. The molecule has 0 bridgehead atoms. The topological polar surface area (TPSA) is 94.1 Å². The number of piperidine rings is 1. The third-order valence-electron chi connectivity index (χ3n) is 4.77. The zero-order valence-corrected chi connectivity index (χ0v) is 15.8. The molecule has 0 aromatic carbocycles. The van der Waals surface area contributed by atoms with E-state index in [0.717, 1.165) is 46.9 Å². The minimum atomic E-state index is -4.06. The van der Waals surface area contributed by atoms with Crippen LogP contribution < -0.4 is 10.2 Å². The molecule has 29 heavy (non-hydrogen) atoms. The van der Waals surface area contributed by atoms with Crippen LogP contribution in [0.3, 0.4) is 0 Å². The van der Waals surface area contributed by atoms with Gasteiger partial charge in [-0.15, -0.1) is 0 Å². The van der Waals surface area contributed by atoms with Gasteiger partial charge in [0.2, 0.25) is 0 Å². The fraction of sp³-hybridized carbons (Fsp3) is 0.421. The number of halogens is 3. The molecule has 10 heteroatoms. The molecule has 3 aromatic heterocycles. The van der Waals surface area contributed by atoms with Crippen LogP contribution in [0.15, 0.2) is 30.9 Å². The van der Waals surface area contributed by atoms with Gasteiger partial charge in [-0.2, -0.15) is 13.2 Å². The number of alkyl halides is 3. The van der Waals surface area contributed by atoms with Crippen molar-refractivity contribution in [2.75, 3.05) is 31.6 Å². The van der Waals surface area contributed by atoms with Gasteiger partial charge < -0.3 is 20.3 Å². The van der Waals surface area contributed by atoms with Crippen LogP contribution in [-0.4, -0.2) is 58.9 Å². The number of aliphatic carboxylic acids is 1. The van der Waals surface area contributed by atoms with E-state index in [-0.39, 0.29) is 5.92 Å². The van der Waals surface area contributed by atoms with E-state index in [9.17, 15) is 23.1 Å². The Kier molecular flexibility index (Phi) is 6.21. The highest BCUT2D eigenvalue weighted by Crippen LogP contribution is 2.33. The first kappa shape index (κ1) is 20.8. The summed E-state index contributed by atoms with van der Waals surface area (Å²) in [7, 11) is 1.26. The van der Waals surface area contributed by atoms with Gasteiger partial charge in [0.05, 0.1) is 24.3 Å². The number of aromatic nitrogens is 3. The molecule has 0 saturated carbocycles. The van der Waals surface area contributed by atoms with Crippen molar-refractivity contribution in [3.05, 3.63) is 30.9 Å². The second-order valence-electron chi connectivity index (χ2n) is 6.89. The number of aromatic amines is 1. The lowest BCUT2D eigenvalue weighted by molar-refractivity contribution is -0.142. The Balaban J connectivity index is 0.000000298. The van der Waals surface area contributed by atoms with E-state index in [4.69, 9.17) is 0 Å². The van der Waals surface area contributed by atoms with Crippen LogP contribution in [0.25, 0.3) is 21.8 Å². The average molecular weight is 409 g/mol. The van der Waals surface area contributed by atoms with Gasteiger partial charge in [0.25, 0.3) is 0 Å². The molecule has 3 aromatic rings. The molecule has 0 amide bonds. The molecular formula is C19H22F3N5O2. The van der Waals surface area contributed by atoms with Crippen molar-refractivity contribution < 1.29 is 23.1 Å². The van der Waals surface area contributed by atoms with Gasteiger partial charge in [0.15, 0.2) is 0 Å². The Morgan fingerprint density at radius 3 is 2.83 bits per heavy atom. The molecule has 7 nitrogen and oxygen atoms in total. The van der Waals surface area contributed by atoms with Gasteiger partial charge in [-0.1, -0.05) is 0 Å². The largest absolute Gasteiger partial charge is 0.481 e. The van der Waals surface area contributed by atoms with Crippen LogP contribution in [0.2, 0.25) is 0 Å². The molecule has 1 unspecified atom stereocenters. The van der Waals surface area contributed by atoms with Crippen molar-refractivity contribution in [3.8, 4) is 0 Å². The standard InChI is InChI=1S/C16H16N4O2.C3H6F3N/c21-16(22)10-2-1-5-20(9-10)13-8-17-6-11-7-19-15-12(14(11)13)3-4-18-15;1-7-2-3(4,5)6/h3-4,6-8,10H,1-2,5,9H2,(H,18,19)(H,21,22);7H,2H2,1H3. The summed E-state index contributed by atoms with van der Waals surface area (Å²) in [6.45, 7) is 0.482. The first-order chi connectivity index (χ1) is 13.8. The van der Waals surface area contributed by atoms with Gasteiger partial charge in [-0.3, -0.25) is 9.78 Å². The fourth-order valence-corrected chi connectivity index (χ4v) is 3.50. The number of nitrogens with zero attached hydrogens (tertiary/aromatic N) is 3. The first-order valence-corrected chi connectivity index (χ1v) is 9.19. The molecule has 1 aliphatic rings. The SMILES string of the molecule is CNCC(F)(F)F.O=C(O)C1CCCN(c2cncc3cnc4[nH]ccc4c23)C1. The van der Waals surface area contributed by atoms with Crippen LogP contribution in [0.5, 0.6) is 0 Å². The Labute approximate surface area is 164 Å². The summed E-state index contributed by atoms with van der Waals surface area (Å²) in [5.41, 5.74) is 1.84. The lowest BCUT2D eigenvalue weighted by Crippen LogP contribution is -2.38. The lowest BCUT2D eigenvalue weighted by atomic mass is 9.97. The Morgan fingerprint density at radius 2 is 2.17 bits per heavy atom. The molecule has 3 N–H and O–H groups in total. The number of carboxylic acids is 1. The number of H-pyrrole nitrogens is 1. The monoisotopic (exact) mass is 409 g/mol. The summed E-state index contributed by atoms with van der Waals surface area (Å²) in [6.07, 6.45) is 4.88. The van der Waals surface area contributed by atoms with E-state index >= 15 is 0 Å². The van der Waals surface area contributed by atoms with Crippen LogP contribution in [0.1, 0.15) is 12.8 Å². The second-order valence-corrected chi connectivity index (χ2v) is 6.89. The van der Waals surface area contributed by atoms with Crippen LogP contribution >= 0.6 is 0 Å². The van der Waals surface area contributed by atoms with E-state index in [1.165, 1.54) is 7.05 Å². The molecule has 0 aliphatic carbocycles. The maximum atomic E-state index is 11.3. The number of nitrogens with one attached hydrogen (secondary N) is 2. The molecule has 0 radical (unpaired) electrons. The number of pyridine rings is 2. The molecule has 4 heterocycles. The first-order valence-electron chi connectivity index (χ1n) is 9.19. The lowest BCUT2D eigenvalue weighted by Gasteiger charge is -2.33. The van der Waals surface area contributed by atoms with Gasteiger partial charge >= 0.3 is 12.1 Å². The highest BCUT2D eigenvalue weighted by molar-refractivity contribution is 6.11. The van der Waals surface area contributed by atoms with Crippen LogP contribution in [0, 0.1) is 5.92 Å². The van der Waals surface area contributed by atoms with Gasteiger partial charge in [0.1, 0.15) is 5.65 Å². The Hall–Kier alpha value is -2.88. The minimum Gasteiger partial charge on any atom is -0.481 e. The molecular weight excluding hydrogens is 387 g/mol. The molecule has 4 rings (SSSR count). The molecule has 1 fully saturated rings. The summed E-state index contributed by atoms with van der Waals surface area (Å²) in [6, 6.07) is 2.01. The third-order valence-corrected chi connectivity index (χ3v) is 4.77. The number of carbonyl (C=O) groups is 1. The quantitative estimate of drug-likeness (QED) is 0.615. The van der Waals surface area contributed by atoms with Crippen molar-refractivity contribution in [2.24, 2.45) is 5.92 Å². The van der Waals surface area contributed by atoms with Crippen LogP contribution in [0.4, 0.5) is 18.9 Å². The molecule has 1 aliphatic heterocycles. The number of rotatable bonds is 3. The summed E-state index contributed by atoms with van der Waals surface area (Å²) in [4.78, 5) is 25.3. The second kappa shape index (κ2) is 8.64. The summed E-state index contributed by atoms with van der Waals surface area (Å²) in [5, 5.41) is 14.4. The van der Waals surface area contributed by atoms with Gasteiger partial charge in [0, 0.05) is 47.8 Å². The Morgan fingerprint density at radius 1 is 1.38 bits per heavy atom. The average Bonchev–Trinajstić information content (AvgIpc) is 3.16. The highest BCUT2D eigenvalue weighted by Gasteiger charge is 2.27. The molecule has 156 valence electrons. The predicted octanol–water partition coefficient (Wildman–Crippen LogP) is 3.18. The van der Waals surface area contributed by atoms with E-state index in [1.54, 1.807) is 6.20 Å². The maximum absolute atomic E-state index is 11.3. The number of anilines is 1. The van der Waals surface area contributed by atoms with E-state index in [1.807, 2.05) is 30.0 Å². The smallest absolute Gasteiger partial charge is 0.401 e. The highest BCUT2D eigenvalue weighted by atomic mass is 19.4. The third kappa shape index (κ3) is 4.94. The number of hydrogen-bond donors (Lipinski definition) is 3. The van der Waals surface area contributed by atoms with Gasteiger partial charge in [-0.25, -0.2) is 4.98 Å². The summed E-state index contributed by atoms with van der Waals surface area (Å²) < 4.78 is 33.0. The zero-order chi connectivity index (χ0) is 21.0. The van der Waals surface area contributed by atoms with Crippen molar-refractivity contribution in [2.45, 2.75) is 19.0 Å². The summed E-state index contributed by atoms with van der Waals surface area (Å²) >= 11 is 0. The van der Waals surface area contributed by atoms with Crippen molar-refractivity contribution in [3.63, 3.8) is 0 Å². The van der Waals surface area contributed by atoms with E-state index < -0.39 is 18.7 Å². The normalized spacial score (nSPS) is 17.2. The minimum absolute atomic E-state index is 0.312. The molecule has 1 saturated heterocycles. The molecule has 0 spiro atoms. The van der Waals surface area contributed by atoms with Gasteiger partial charge in [-0.05, 0) is 26.0 Å². The van der Waals surface area contributed by atoms with Crippen molar-refractivity contribution in [1.29, 1.82) is 0 Å². The molecule has 1 atom stereocenters. The van der Waals surface area contributed by atoms with E-state index in [0.29, 0.717) is 6.54 Å². The summed E-state index contributed by atoms with van der Waals surface area (Å²) in [5.74, 6) is -1.03. The number of hydrogen-bond acceptors (Lipinski definition) is 5. The maximum Gasteiger partial charge on any atom is 0.401 e. The van der Waals surface area contributed by atoms with Crippen LogP contribution in [-0.2, 0) is 4.79 Å². The van der Waals surface area contributed by atoms with Crippen molar-refractivity contribution >= 4 is 33.5 Å². The number of carboxylic acid groups (broad SMARTS) is 1. The number of fused-ring (bicyclic) bond motifs is 3. The van der Waals surface area contributed by atoms with Crippen molar-refractivity contribution in [1.82, 2.24) is 20.3 Å².